The lowest BCUT2D eigenvalue weighted by molar-refractivity contribution is 0.0240. The van der Waals surface area contributed by atoms with Gasteiger partial charge in [-0.2, -0.15) is 0 Å². The molecule has 0 unspecified atom stereocenters. The number of ether oxygens (including phenoxy) is 2. The maximum Gasteiger partial charge on any atom is 0.410 e. The van der Waals surface area contributed by atoms with E-state index in [1.54, 1.807) is 24.1 Å². The van der Waals surface area contributed by atoms with Crippen molar-refractivity contribution in [1.82, 2.24) is 9.62 Å². The van der Waals surface area contributed by atoms with Gasteiger partial charge in [-0.3, -0.25) is 0 Å². The summed E-state index contributed by atoms with van der Waals surface area (Å²) < 4.78 is 38.7. The smallest absolute Gasteiger partial charge is 0.410 e. The van der Waals surface area contributed by atoms with Crippen LogP contribution >= 0.6 is 0 Å². The molecule has 1 aliphatic rings. The number of hydrogen-bond donors (Lipinski definition) is 1. The van der Waals surface area contributed by atoms with E-state index in [1.165, 1.54) is 12.1 Å². The number of nitrogens with one attached hydrogen (secondary N) is 1. The summed E-state index contributed by atoms with van der Waals surface area (Å²) in [6.45, 7) is 8.52. The Morgan fingerprint density at radius 3 is 2.19 bits per heavy atom. The molecule has 1 aliphatic heterocycles. The lowest BCUT2D eigenvalue weighted by atomic mass is 10.00. The lowest BCUT2D eigenvalue weighted by Crippen LogP contribution is -2.50. The number of sulfonamides is 1. The average molecular weight is 526 g/mol. The van der Waals surface area contributed by atoms with Crippen molar-refractivity contribution in [2.75, 3.05) is 44.7 Å². The summed E-state index contributed by atoms with van der Waals surface area (Å²) in [5.41, 5.74) is 1.68. The van der Waals surface area contributed by atoms with Crippen molar-refractivity contribution in [3.63, 3.8) is 0 Å². The van der Waals surface area contributed by atoms with Crippen molar-refractivity contribution in [2.45, 2.75) is 37.7 Å². The summed E-state index contributed by atoms with van der Waals surface area (Å²) in [7, 11) is -2.07. The molecule has 0 bridgehead atoms. The zero-order valence-corrected chi connectivity index (χ0v) is 22.7. The van der Waals surface area contributed by atoms with Gasteiger partial charge in [-0.05, 0) is 68.5 Å². The van der Waals surface area contributed by atoms with Gasteiger partial charge in [0.25, 0.3) is 0 Å². The fraction of sp³-hybridized carbons (Fsp3) is 0.393. The molecule has 0 saturated carbocycles. The molecule has 8 nitrogen and oxygen atoms in total. The van der Waals surface area contributed by atoms with Crippen LogP contribution in [0.25, 0.3) is 10.8 Å². The molecule has 3 aromatic carbocycles. The Hall–Kier alpha value is -3.30. The summed E-state index contributed by atoms with van der Waals surface area (Å²) in [5.74, 6) is 0.608. The van der Waals surface area contributed by atoms with E-state index in [-0.39, 0.29) is 17.5 Å². The van der Waals surface area contributed by atoms with Gasteiger partial charge in [0.15, 0.2) is 0 Å². The standard InChI is InChI=1S/C28H35N3O5S/c1-28(2,3)36-27(32)31-19-17-30(18-20-31)26-14-9-21(24-7-5-6-8-25(24)26)15-16-29-37(33,34)23-12-10-22(35-4)11-13-23/h5-14,29H,15-20H2,1-4H3. The maximum absolute atomic E-state index is 12.7. The SMILES string of the molecule is COc1ccc(S(=O)(=O)NCCc2ccc(N3CCN(C(=O)OC(C)(C)C)CC3)c3ccccc23)cc1. The van der Waals surface area contributed by atoms with Crippen LogP contribution in [-0.2, 0) is 21.2 Å². The summed E-state index contributed by atoms with van der Waals surface area (Å²) >= 11 is 0. The molecule has 1 N–H and O–H groups in total. The fourth-order valence-electron chi connectivity index (χ4n) is 4.45. The van der Waals surface area contributed by atoms with Crippen LogP contribution in [0, 0.1) is 0 Å². The summed E-state index contributed by atoms with van der Waals surface area (Å²) in [6, 6.07) is 18.7. The predicted octanol–water partition coefficient (Wildman–Crippen LogP) is 4.43. The molecule has 9 heteroatoms. The van der Waals surface area contributed by atoms with Crippen LogP contribution in [0.2, 0.25) is 0 Å². The molecule has 1 amide bonds. The molecule has 1 heterocycles. The number of benzene rings is 3. The van der Waals surface area contributed by atoms with Crippen molar-refractivity contribution in [3.05, 3.63) is 66.2 Å². The van der Waals surface area contributed by atoms with E-state index in [0.717, 1.165) is 22.0 Å². The number of anilines is 1. The minimum absolute atomic E-state index is 0.207. The third-order valence-electron chi connectivity index (χ3n) is 6.32. The first kappa shape index (κ1) is 26.8. The van der Waals surface area contributed by atoms with Crippen LogP contribution in [0.5, 0.6) is 5.75 Å². The van der Waals surface area contributed by atoms with Gasteiger partial charge in [0.2, 0.25) is 10.0 Å². The molecule has 37 heavy (non-hydrogen) atoms. The second-order valence-electron chi connectivity index (χ2n) is 10.1. The monoisotopic (exact) mass is 525 g/mol. The van der Waals surface area contributed by atoms with Gasteiger partial charge in [-0.25, -0.2) is 17.9 Å². The molecular weight excluding hydrogens is 490 g/mol. The molecule has 0 atom stereocenters. The van der Waals surface area contributed by atoms with Crippen LogP contribution in [0.15, 0.2) is 65.6 Å². The van der Waals surface area contributed by atoms with E-state index in [9.17, 15) is 13.2 Å². The van der Waals surface area contributed by atoms with Gasteiger partial charge < -0.3 is 19.3 Å². The fourth-order valence-corrected chi connectivity index (χ4v) is 5.49. The molecule has 198 valence electrons. The number of carbonyl (C=O) groups is 1. The Morgan fingerprint density at radius 2 is 1.57 bits per heavy atom. The van der Waals surface area contributed by atoms with Crippen LogP contribution in [0.1, 0.15) is 26.3 Å². The normalized spacial score (nSPS) is 14.6. The second kappa shape index (κ2) is 11.0. The first-order valence-corrected chi connectivity index (χ1v) is 13.9. The van der Waals surface area contributed by atoms with Gasteiger partial charge in [0, 0.05) is 43.8 Å². The van der Waals surface area contributed by atoms with Crippen LogP contribution < -0.4 is 14.4 Å². The molecule has 0 spiro atoms. The van der Waals surface area contributed by atoms with Crippen molar-refractivity contribution >= 4 is 32.6 Å². The van der Waals surface area contributed by atoms with E-state index in [2.05, 4.69) is 33.9 Å². The van der Waals surface area contributed by atoms with E-state index in [4.69, 9.17) is 9.47 Å². The quantitative estimate of drug-likeness (QED) is 0.491. The van der Waals surface area contributed by atoms with E-state index >= 15 is 0 Å². The largest absolute Gasteiger partial charge is 0.497 e. The number of rotatable bonds is 7. The summed E-state index contributed by atoms with van der Waals surface area (Å²) in [4.78, 5) is 16.7. The first-order valence-electron chi connectivity index (χ1n) is 12.4. The van der Waals surface area contributed by atoms with Gasteiger partial charge >= 0.3 is 6.09 Å². The minimum Gasteiger partial charge on any atom is -0.497 e. The predicted molar refractivity (Wildman–Crippen MR) is 146 cm³/mol. The maximum atomic E-state index is 12.7. The zero-order valence-electron chi connectivity index (χ0n) is 21.9. The number of fused-ring (bicyclic) bond motifs is 1. The van der Waals surface area contributed by atoms with Crippen molar-refractivity contribution in [1.29, 1.82) is 0 Å². The number of piperazine rings is 1. The highest BCUT2D eigenvalue weighted by atomic mass is 32.2. The highest BCUT2D eigenvalue weighted by Crippen LogP contribution is 2.31. The lowest BCUT2D eigenvalue weighted by Gasteiger charge is -2.37. The molecule has 1 fully saturated rings. The third kappa shape index (κ3) is 6.53. The second-order valence-corrected chi connectivity index (χ2v) is 11.8. The van der Waals surface area contributed by atoms with Crippen LogP contribution in [0.4, 0.5) is 10.5 Å². The van der Waals surface area contributed by atoms with E-state index < -0.39 is 15.6 Å². The Bertz CT molecular complexity index is 1340. The number of amides is 1. The van der Waals surface area contributed by atoms with Crippen molar-refractivity contribution in [3.8, 4) is 5.75 Å². The molecular formula is C28H35N3O5S. The van der Waals surface area contributed by atoms with E-state index in [1.807, 2.05) is 32.9 Å². The van der Waals surface area contributed by atoms with Gasteiger partial charge in [-0.15, -0.1) is 0 Å². The number of carbonyl (C=O) groups excluding carboxylic acids is 1. The number of methoxy groups -OCH3 is 1. The van der Waals surface area contributed by atoms with Gasteiger partial charge in [0.1, 0.15) is 11.4 Å². The Labute approximate surface area is 219 Å². The Morgan fingerprint density at radius 1 is 0.919 bits per heavy atom. The van der Waals surface area contributed by atoms with Crippen molar-refractivity contribution < 1.29 is 22.7 Å². The minimum atomic E-state index is -3.61. The van der Waals surface area contributed by atoms with Crippen molar-refractivity contribution in [2.24, 2.45) is 0 Å². The Balaban J connectivity index is 1.43. The van der Waals surface area contributed by atoms with Crippen LogP contribution in [-0.4, -0.2) is 64.8 Å². The number of hydrogen-bond acceptors (Lipinski definition) is 6. The van der Waals surface area contributed by atoms with Crippen LogP contribution in [0.3, 0.4) is 0 Å². The molecule has 0 aliphatic carbocycles. The van der Waals surface area contributed by atoms with Gasteiger partial charge in [-0.1, -0.05) is 30.3 Å². The zero-order chi connectivity index (χ0) is 26.6. The summed E-state index contributed by atoms with van der Waals surface area (Å²) in [5, 5.41) is 2.21. The Kier molecular flexibility index (Phi) is 7.94. The van der Waals surface area contributed by atoms with Gasteiger partial charge in [0.05, 0.1) is 12.0 Å². The molecule has 0 radical (unpaired) electrons. The molecule has 0 aromatic heterocycles. The first-order chi connectivity index (χ1) is 17.6. The average Bonchev–Trinajstić information content (AvgIpc) is 2.88. The number of nitrogens with zero attached hydrogens (tertiary/aromatic N) is 2. The summed E-state index contributed by atoms with van der Waals surface area (Å²) in [6.07, 6.45) is 0.284. The highest BCUT2D eigenvalue weighted by Gasteiger charge is 2.26. The molecule has 3 aromatic rings. The van der Waals surface area contributed by atoms with E-state index in [0.29, 0.717) is 38.3 Å². The topological polar surface area (TPSA) is 88.2 Å². The highest BCUT2D eigenvalue weighted by molar-refractivity contribution is 7.89. The third-order valence-corrected chi connectivity index (χ3v) is 7.80. The molecule has 1 saturated heterocycles. The molecule has 4 rings (SSSR count).